The molecule has 1 heteroatoms. The van der Waals surface area contributed by atoms with Crippen LogP contribution in [0.2, 0.25) is 0 Å². The molecule has 0 atom stereocenters. The Morgan fingerprint density at radius 1 is 0.435 bits per heavy atom. The summed E-state index contributed by atoms with van der Waals surface area (Å²) in [5, 5.41) is 11.7. The van der Waals surface area contributed by atoms with Gasteiger partial charge in [-0.25, -0.2) is 0 Å². The van der Waals surface area contributed by atoms with Gasteiger partial charge in [0, 0.05) is 0 Å². The minimum atomic E-state index is 0.303. The van der Waals surface area contributed by atoms with Crippen LogP contribution in [-0.4, -0.2) is 5.11 Å². The van der Waals surface area contributed by atoms with Crippen LogP contribution in [-0.2, 0) is 0 Å². The van der Waals surface area contributed by atoms with Gasteiger partial charge in [-0.1, -0.05) is 72.8 Å². The molecule has 0 aromatic heterocycles. The first-order chi connectivity index (χ1) is 11.3. The molecule has 0 aliphatic carbocycles. The second-order valence-electron chi connectivity index (χ2n) is 5.69. The number of benzene rings is 4. The first kappa shape index (κ1) is 13.6. The van der Waals surface area contributed by atoms with Crippen molar-refractivity contribution in [2.45, 2.75) is 0 Å². The van der Waals surface area contributed by atoms with Crippen LogP contribution in [0.3, 0.4) is 0 Å². The Morgan fingerprint density at radius 2 is 0.957 bits per heavy atom. The molecule has 0 aliphatic heterocycles. The quantitative estimate of drug-likeness (QED) is 0.490. The van der Waals surface area contributed by atoms with Gasteiger partial charge in [-0.15, -0.1) is 0 Å². The Kier molecular flexibility index (Phi) is 3.32. The summed E-state index contributed by atoms with van der Waals surface area (Å²) in [6.45, 7) is 0. The van der Waals surface area contributed by atoms with Crippen molar-refractivity contribution < 1.29 is 5.11 Å². The fraction of sp³-hybridized carbons (Fsp3) is 0. The second-order valence-corrected chi connectivity index (χ2v) is 5.69. The van der Waals surface area contributed by atoms with Crippen molar-refractivity contribution in [3.05, 3.63) is 91.0 Å². The Hall–Kier alpha value is -3.06. The standard InChI is InChI=1S/C22H16O/c23-22-13-12-20-14-19(10-11-21(20)15-22)18-8-6-17(7-9-18)16-4-2-1-3-5-16/h1-15,23H. The topological polar surface area (TPSA) is 20.2 Å². The number of rotatable bonds is 2. The van der Waals surface area contributed by atoms with Gasteiger partial charge in [-0.05, 0) is 51.2 Å². The van der Waals surface area contributed by atoms with Crippen molar-refractivity contribution in [3.63, 3.8) is 0 Å². The van der Waals surface area contributed by atoms with Gasteiger partial charge in [0.1, 0.15) is 5.75 Å². The molecule has 0 radical (unpaired) electrons. The van der Waals surface area contributed by atoms with Gasteiger partial charge < -0.3 is 5.11 Å². The van der Waals surface area contributed by atoms with Crippen LogP contribution in [0.5, 0.6) is 5.75 Å². The predicted molar refractivity (Wildman–Crippen MR) is 96.5 cm³/mol. The van der Waals surface area contributed by atoms with E-state index in [1.54, 1.807) is 12.1 Å². The zero-order valence-electron chi connectivity index (χ0n) is 12.6. The normalized spacial score (nSPS) is 10.8. The summed E-state index contributed by atoms with van der Waals surface area (Å²) in [5.74, 6) is 0.303. The number of fused-ring (bicyclic) bond motifs is 1. The van der Waals surface area contributed by atoms with Crippen LogP contribution in [0.25, 0.3) is 33.0 Å². The lowest BCUT2D eigenvalue weighted by atomic mass is 9.98. The molecular weight excluding hydrogens is 280 g/mol. The lowest BCUT2D eigenvalue weighted by molar-refractivity contribution is 0.476. The molecule has 0 fully saturated rings. The highest BCUT2D eigenvalue weighted by Gasteiger charge is 2.02. The summed E-state index contributed by atoms with van der Waals surface area (Å²) in [5.41, 5.74) is 4.83. The molecule has 0 bridgehead atoms. The van der Waals surface area contributed by atoms with E-state index in [2.05, 4.69) is 66.7 Å². The highest BCUT2D eigenvalue weighted by Crippen LogP contribution is 2.28. The lowest BCUT2D eigenvalue weighted by Crippen LogP contribution is -1.81. The fourth-order valence-corrected chi connectivity index (χ4v) is 2.90. The van der Waals surface area contributed by atoms with Crippen LogP contribution in [0.4, 0.5) is 0 Å². The van der Waals surface area contributed by atoms with Gasteiger partial charge in [0.2, 0.25) is 0 Å². The Bertz CT molecular complexity index is 954. The summed E-state index contributed by atoms with van der Waals surface area (Å²) < 4.78 is 0. The summed E-state index contributed by atoms with van der Waals surface area (Å²) in [6.07, 6.45) is 0. The Balaban J connectivity index is 1.72. The van der Waals surface area contributed by atoms with Gasteiger partial charge in [0.05, 0.1) is 0 Å². The molecule has 4 aromatic rings. The zero-order valence-corrected chi connectivity index (χ0v) is 12.6. The molecule has 4 aromatic carbocycles. The average Bonchev–Trinajstić information content (AvgIpc) is 2.62. The van der Waals surface area contributed by atoms with E-state index in [0.717, 1.165) is 10.8 Å². The maximum Gasteiger partial charge on any atom is 0.116 e. The fourth-order valence-electron chi connectivity index (χ4n) is 2.90. The van der Waals surface area contributed by atoms with Crippen LogP contribution in [0.1, 0.15) is 0 Å². The number of aromatic hydroxyl groups is 1. The van der Waals surface area contributed by atoms with Crippen molar-refractivity contribution in [1.82, 2.24) is 0 Å². The summed E-state index contributed by atoms with van der Waals surface area (Å²) in [4.78, 5) is 0. The molecule has 1 N–H and O–H groups in total. The third kappa shape index (κ3) is 2.69. The Morgan fingerprint density at radius 3 is 1.70 bits per heavy atom. The molecule has 0 spiro atoms. The lowest BCUT2D eigenvalue weighted by Gasteiger charge is -2.07. The van der Waals surface area contributed by atoms with E-state index in [0.29, 0.717) is 5.75 Å². The smallest absolute Gasteiger partial charge is 0.116 e. The van der Waals surface area contributed by atoms with Gasteiger partial charge in [-0.3, -0.25) is 0 Å². The molecule has 1 nitrogen and oxygen atoms in total. The number of hydrogen-bond acceptors (Lipinski definition) is 1. The summed E-state index contributed by atoms with van der Waals surface area (Å²) in [7, 11) is 0. The average molecular weight is 296 g/mol. The summed E-state index contributed by atoms with van der Waals surface area (Å²) in [6, 6.07) is 30.8. The molecule has 0 unspecified atom stereocenters. The van der Waals surface area contributed by atoms with Crippen molar-refractivity contribution in [2.24, 2.45) is 0 Å². The summed E-state index contributed by atoms with van der Waals surface area (Å²) >= 11 is 0. The van der Waals surface area contributed by atoms with E-state index in [1.807, 2.05) is 12.1 Å². The molecule has 0 heterocycles. The van der Waals surface area contributed by atoms with Crippen LogP contribution < -0.4 is 0 Å². The first-order valence-corrected chi connectivity index (χ1v) is 7.68. The van der Waals surface area contributed by atoms with Crippen molar-refractivity contribution in [1.29, 1.82) is 0 Å². The highest BCUT2D eigenvalue weighted by atomic mass is 16.3. The molecule has 0 saturated heterocycles. The van der Waals surface area contributed by atoms with Gasteiger partial charge in [0.25, 0.3) is 0 Å². The molecule has 23 heavy (non-hydrogen) atoms. The van der Waals surface area contributed by atoms with E-state index >= 15 is 0 Å². The molecule has 0 amide bonds. The maximum absolute atomic E-state index is 9.56. The molecular formula is C22H16O. The molecule has 110 valence electrons. The highest BCUT2D eigenvalue weighted by molar-refractivity contribution is 5.88. The SMILES string of the molecule is Oc1ccc2cc(-c3ccc(-c4ccccc4)cc3)ccc2c1. The van der Waals surface area contributed by atoms with Gasteiger partial charge in [-0.2, -0.15) is 0 Å². The van der Waals surface area contributed by atoms with E-state index in [1.165, 1.54) is 22.3 Å². The van der Waals surface area contributed by atoms with Crippen molar-refractivity contribution >= 4 is 10.8 Å². The minimum absolute atomic E-state index is 0.303. The molecule has 4 rings (SSSR count). The number of hydrogen-bond donors (Lipinski definition) is 1. The van der Waals surface area contributed by atoms with Crippen molar-refractivity contribution in [3.8, 4) is 28.0 Å². The van der Waals surface area contributed by atoms with E-state index in [9.17, 15) is 5.11 Å². The Labute approximate surface area is 135 Å². The van der Waals surface area contributed by atoms with E-state index in [-0.39, 0.29) is 0 Å². The van der Waals surface area contributed by atoms with Gasteiger partial charge in [0.15, 0.2) is 0 Å². The van der Waals surface area contributed by atoms with Crippen LogP contribution >= 0.6 is 0 Å². The zero-order chi connectivity index (χ0) is 15.6. The number of phenols is 1. The maximum atomic E-state index is 9.56. The van der Waals surface area contributed by atoms with Crippen LogP contribution in [0, 0.1) is 0 Å². The third-order valence-corrected chi connectivity index (χ3v) is 4.15. The largest absolute Gasteiger partial charge is 0.508 e. The first-order valence-electron chi connectivity index (χ1n) is 7.68. The van der Waals surface area contributed by atoms with Crippen molar-refractivity contribution in [2.75, 3.05) is 0 Å². The molecule has 0 saturated carbocycles. The molecule has 0 aliphatic rings. The predicted octanol–water partition coefficient (Wildman–Crippen LogP) is 5.88. The third-order valence-electron chi connectivity index (χ3n) is 4.15. The minimum Gasteiger partial charge on any atom is -0.508 e. The number of phenolic OH excluding ortho intramolecular Hbond substituents is 1. The monoisotopic (exact) mass is 296 g/mol. The van der Waals surface area contributed by atoms with E-state index < -0.39 is 0 Å². The van der Waals surface area contributed by atoms with E-state index in [4.69, 9.17) is 0 Å². The van der Waals surface area contributed by atoms with Gasteiger partial charge >= 0.3 is 0 Å². The second kappa shape index (κ2) is 5.62. The van der Waals surface area contributed by atoms with Crippen LogP contribution in [0.15, 0.2) is 91.0 Å².